The molecule has 32 nitrogen and oxygen atoms in total. The molecule has 1 fully saturated rings. The molecule has 66 heavy (non-hydrogen) atoms. The first kappa shape index (κ1) is 58.6. The van der Waals surface area contributed by atoms with E-state index in [0.717, 1.165) is 29.0 Å². The van der Waals surface area contributed by atoms with Crippen molar-refractivity contribution in [3.8, 4) is 0 Å². The molecular weight excluding hydrogens is 983 g/mol. The van der Waals surface area contributed by atoms with Gasteiger partial charge in [0, 0.05) is 30.7 Å². The second-order valence-corrected chi connectivity index (χ2v) is 19.6. The molecule has 0 radical (unpaired) electrons. The maximum Gasteiger partial charge on any atom is 0.481 e. The van der Waals surface area contributed by atoms with Gasteiger partial charge >= 0.3 is 29.4 Å². The zero-order valence-electron chi connectivity index (χ0n) is 34.4. The molecule has 1 saturated heterocycles. The van der Waals surface area contributed by atoms with E-state index in [-0.39, 0.29) is 48.5 Å². The number of carbonyl (C=O) groups is 5. The molecule has 2 amide bonds. The van der Waals surface area contributed by atoms with Crippen LogP contribution in [0.15, 0.2) is 12.7 Å². The number of aromatic nitrogens is 4. The van der Waals surface area contributed by atoms with Crippen molar-refractivity contribution in [2.24, 2.45) is 5.41 Å². The monoisotopic (exact) mass is 1030 g/mol. The molecule has 3 rings (SSSR count). The number of carbonyl (C=O) groups excluding carboxylic acids is 4. The van der Waals surface area contributed by atoms with E-state index >= 15 is 0 Å². The number of imidazole rings is 1. The van der Waals surface area contributed by atoms with Gasteiger partial charge in [0.1, 0.15) is 67.1 Å². The lowest BCUT2D eigenvalue weighted by Crippen LogP contribution is -2.46. The van der Waals surface area contributed by atoms with Gasteiger partial charge in [0.05, 0.1) is 26.1 Å². The van der Waals surface area contributed by atoms with E-state index in [9.17, 15) is 67.5 Å². The fourth-order valence-corrected chi connectivity index (χ4v) is 8.57. The quantitative estimate of drug-likeness (QED) is 0.0181. The van der Waals surface area contributed by atoms with Gasteiger partial charge in [0.25, 0.3) is 0 Å². The maximum absolute atomic E-state index is 12.6. The van der Waals surface area contributed by atoms with Crippen molar-refractivity contribution in [1.82, 2.24) is 30.2 Å². The lowest BCUT2D eigenvalue weighted by atomic mass is 9.87. The number of rotatable bonds is 26. The Bertz CT molecular complexity index is 2110. The van der Waals surface area contributed by atoms with Gasteiger partial charge in [-0.3, -0.25) is 37.3 Å². The zero-order valence-corrected chi connectivity index (χ0v) is 37.9. The fraction of sp³-hybridized carbons (Fsp3) is 0.667. The van der Waals surface area contributed by atoms with Crippen molar-refractivity contribution in [2.45, 2.75) is 81.7 Å². The number of aldehydes is 1. The van der Waals surface area contributed by atoms with Gasteiger partial charge in [-0.2, -0.15) is 4.31 Å². The maximum atomic E-state index is 12.6. The highest BCUT2D eigenvalue weighted by atomic mass is 32.2. The Morgan fingerprint density at radius 2 is 1.62 bits per heavy atom. The third-order valence-electron chi connectivity index (χ3n) is 8.48. The lowest BCUT2D eigenvalue weighted by Gasteiger charge is -2.30. The number of phosphoric acid groups is 3. The molecule has 0 bridgehead atoms. The number of amides is 2. The molecule has 376 valence electrons. The Kier molecular flexibility index (Phi) is 22.9. The molecule has 0 aliphatic carbocycles. The predicted octanol–water partition coefficient (Wildman–Crippen LogP) is -5.24. The van der Waals surface area contributed by atoms with Gasteiger partial charge in [-0.15, -0.1) is 0 Å². The van der Waals surface area contributed by atoms with E-state index < -0.39 is 133 Å². The highest BCUT2D eigenvalue weighted by Crippen LogP contribution is 2.61. The molecule has 11 atom stereocenters. The highest BCUT2D eigenvalue weighted by molar-refractivity contribution is 8.13. The van der Waals surface area contributed by atoms with Gasteiger partial charge in [0.15, 0.2) is 29.1 Å². The number of nitrogens with zero attached hydrogens (tertiary/aromatic N) is 4. The summed E-state index contributed by atoms with van der Waals surface area (Å²) in [6, 6.07) is 0. The summed E-state index contributed by atoms with van der Waals surface area (Å²) in [5, 5.41) is 77.6. The fourth-order valence-electron chi connectivity index (χ4n) is 5.09. The number of phosphoric ester groups is 3. The molecule has 16 N–H and O–H groups in total. The largest absolute Gasteiger partial charge is 0.481 e. The summed E-state index contributed by atoms with van der Waals surface area (Å²) < 4.78 is 61.8. The van der Waals surface area contributed by atoms with Crippen LogP contribution in [0.25, 0.3) is 11.2 Å². The average molecular weight is 1030 g/mol. The number of carboxylic acids is 1. The van der Waals surface area contributed by atoms with E-state index in [1.165, 1.54) is 13.8 Å². The van der Waals surface area contributed by atoms with Crippen LogP contribution in [0.2, 0.25) is 0 Å². The summed E-state index contributed by atoms with van der Waals surface area (Å²) in [7, 11) is -16.4. The predicted molar refractivity (Wildman–Crippen MR) is 217 cm³/mol. The number of thioether (sulfide) groups is 1. The number of carboxylic acid groups (broad SMARTS) is 1. The number of fused-ring (bicyclic) bond motifs is 1. The first-order valence-corrected chi connectivity index (χ1v) is 24.0. The first-order valence-electron chi connectivity index (χ1n) is 18.5. The normalized spacial score (nSPS) is 21.8. The highest BCUT2D eigenvalue weighted by Gasteiger charge is 2.50. The number of aliphatic hydroxyl groups is 7. The van der Waals surface area contributed by atoms with Crippen molar-refractivity contribution < 1.29 is 121 Å². The van der Waals surface area contributed by atoms with Gasteiger partial charge in [0.2, 0.25) is 11.8 Å². The van der Waals surface area contributed by atoms with Gasteiger partial charge in [-0.05, 0) is 0 Å². The average Bonchev–Trinajstić information content (AvgIpc) is 3.79. The number of nitrogens with two attached hydrogens (primary N) is 1. The second kappa shape index (κ2) is 25.7. The molecule has 0 saturated carbocycles. The molecular formula is C30H50N7O25P3S. The van der Waals surface area contributed by atoms with E-state index in [4.69, 9.17) is 50.2 Å². The van der Waals surface area contributed by atoms with Crippen LogP contribution in [0.5, 0.6) is 0 Å². The summed E-state index contributed by atoms with van der Waals surface area (Å²) >= 11 is 0.718. The van der Waals surface area contributed by atoms with Crippen LogP contribution in [0.3, 0.4) is 0 Å². The van der Waals surface area contributed by atoms with Crippen molar-refractivity contribution in [1.29, 1.82) is 0 Å². The number of aliphatic carboxylic acids is 1. The minimum absolute atomic E-state index is 0.0185. The number of nitrogen functional groups attached to an aromatic ring is 1. The number of nitrogens with one attached hydrogen (secondary N) is 2. The minimum atomic E-state index is -5.59. The van der Waals surface area contributed by atoms with E-state index in [0.29, 0.717) is 0 Å². The Balaban J connectivity index is 0.00000109. The lowest BCUT2D eigenvalue weighted by molar-refractivity contribution is -0.139. The van der Waals surface area contributed by atoms with E-state index in [1.807, 2.05) is 0 Å². The van der Waals surface area contributed by atoms with E-state index in [2.05, 4.69) is 34.4 Å². The van der Waals surface area contributed by atoms with Crippen LogP contribution < -0.4 is 16.4 Å². The third kappa shape index (κ3) is 18.9. The molecule has 2 aromatic rings. The molecule has 0 aromatic carbocycles. The van der Waals surface area contributed by atoms with Gasteiger partial charge in [-0.1, -0.05) is 25.6 Å². The topological polar surface area (TPSA) is 519 Å². The number of aliphatic hydroxyl groups excluding tert-OH is 7. The van der Waals surface area contributed by atoms with Gasteiger partial charge in [-0.25, -0.2) is 28.6 Å². The summed E-state index contributed by atoms with van der Waals surface area (Å²) in [5.41, 5.74) is 4.19. The number of hydrogen-bond acceptors (Lipinski definition) is 25. The van der Waals surface area contributed by atoms with Crippen molar-refractivity contribution in [2.75, 3.05) is 44.4 Å². The Morgan fingerprint density at radius 3 is 2.21 bits per heavy atom. The SMILES string of the molecule is CC(C)(COP(=O)(O)OP(=O)(O)OC[C@H]1O[C@@H](n2cnc3c(N)ncnc32)[C@H](O)[C@@H]1OP(=O)(O)O)C(O)C(=O)NCCC(=O)NCCSC(=O)CC(=O)O.O=CC(O)C(O)C(O)C(O)CO. The smallest absolute Gasteiger partial charge is 0.481 e. The van der Waals surface area contributed by atoms with Crippen LogP contribution in [0, 0.1) is 5.41 Å². The van der Waals surface area contributed by atoms with Gasteiger partial charge < -0.3 is 86.3 Å². The molecule has 1 aliphatic rings. The summed E-state index contributed by atoms with van der Waals surface area (Å²) in [6.45, 7) is -0.628. The van der Waals surface area contributed by atoms with Crippen LogP contribution in [0.4, 0.5) is 5.82 Å². The van der Waals surface area contributed by atoms with Crippen molar-refractivity contribution in [3.05, 3.63) is 12.7 Å². The van der Waals surface area contributed by atoms with Crippen LogP contribution in [-0.4, -0.2) is 197 Å². The molecule has 1 aliphatic heterocycles. The molecule has 0 spiro atoms. The molecule has 3 heterocycles. The molecule has 36 heteroatoms. The van der Waals surface area contributed by atoms with Crippen LogP contribution in [0.1, 0.15) is 32.9 Å². The minimum Gasteiger partial charge on any atom is -0.481 e. The third-order valence-corrected chi connectivity index (χ3v) is 12.5. The Morgan fingerprint density at radius 1 is 0.985 bits per heavy atom. The van der Waals surface area contributed by atoms with Crippen LogP contribution in [-0.2, 0) is 60.3 Å². The number of ether oxygens (including phenoxy) is 1. The zero-order chi connectivity index (χ0) is 50.4. The number of anilines is 1. The standard InChI is InChI=1S/C24H38N7O19P3S.C6H12O6/c1-24(2,19(37)22(38)27-4-3-13(32)26-5-6-54-15(35)7-14(33)34)9-47-53(44,45)50-52(42,43)46-8-12-18(49-51(39,40)41)17(36)23(48-12)31-11-30-16-20(25)28-10-29-21(16)31;7-1-3(9)5(11)6(12)4(10)2-8/h10-12,17-19,23,36-37H,3-9H2,1-2H3,(H,26,32)(H,27,38)(H,33,34)(H,42,43)(H,44,45)(H2,25,28,29)(H2,39,40,41);1,3-6,8-12H,2H2/t12-,17-,18-,19?,23-;/m1./s1. The molecule has 2 aromatic heterocycles. The summed E-state index contributed by atoms with van der Waals surface area (Å²) in [5.74, 6) is -2.80. The summed E-state index contributed by atoms with van der Waals surface area (Å²) in [6.07, 6.45) is -14.6. The van der Waals surface area contributed by atoms with E-state index in [1.54, 1.807) is 0 Å². The second-order valence-electron chi connectivity index (χ2n) is 14.2. The first-order chi connectivity index (χ1) is 30.5. The van der Waals surface area contributed by atoms with Crippen LogP contribution >= 0.6 is 35.2 Å². The Labute approximate surface area is 375 Å². The summed E-state index contributed by atoms with van der Waals surface area (Å²) in [4.78, 5) is 107. The Hall–Kier alpha value is -3.50. The van der Waals surface area contributed by atoms with Crippen molar-refractivity contribution >= 4 is 81.4 Å². The van der Waals surface area contributed by atoms with Crippen molar-refractivity contribution in [3.63, 3.8) is 0 Å². The molecule has 7 unspecified atom stereocenters. The number of hydrogen-bond donors (Lipinski definition) is 15.